The molecule has 9 aromatic rings. The Hall–Kier alpha value is -7.43. The lowest BCUT2D eigenvalue weighted by Gasteiger charge is -2.29. The van der Waals surface area contributed by atoms with Crippen LogP contribution < -0.4 is 4.90 Å². The second-order valence-electron chi connectivity index (χ2n) is 21.2. The van der Waals surface area contributed by atoms with Crippen molar-refractivity contribution in [2.75, 3.05) is 4.90 Å². The summed E-state index contributed by atoms with van der Waals surface area (Å²) in [5, 5.41) is 0. The molecule has 4 heteroatoms. The Morgan fingerprint density at radius 3 is 1.51 bits per heavy atom. The van der Waals surface area contributed by atoms with Gasteiger partial charge in [-0.25, -0.2) is 4.98 Å². The van der Waals surface area contributed by atoms with Crippen molar-refractivity contribution < 1.29 is 0 Å². The first-order chi connectivity index (χ1) is 32.3. The van der Waals surface area contributed by atoms with E-state index in [9.17, 15) is 0 Å². The van der Waals surface area contributed by atoms with E-state index in [0.29, 0.717) is 17.6 Å². The molecule has 1 aromatic heterocycles. The topological polar surface area (TPSA) is 41.9 Å². The van der Waals surface area contributed by atoms with Crippen molar-refractivity contribution in [2.45, 2.75) is 77.0 Å². The van der Waals surface area contributed by atoms with Gasteiger partial charge in [-0.05, 0) is 108 Å². The monoisotopic (exact) mass is 864 g/mol. The van der Waals surface area contributed by atoms with E-state index in [4.69, 9.17) is 15.0 Å². The van der Waals surface area contributed by atoms with Gasteiger partial charge < -0.3 is 0 Å². The van der Waals surface area contributed by atoms with Gasteiger partial charge in [-0.15, -0.1) is 0 Å². The fraction of sp³-hybridized carbons (Fsp3) is 0.190. The van der Waals surface area contributed by atoms with Crippen LogP contribution in [-0.2, 0) is 21.7 Å². The van der Waals surface area contributed by atoms with Gasteiger partial charge in [-0.2, -0.15) is 9.97 Å². The van der Waals surface area contributed by atoms with Gasteiger partial charge in [0.2, 0.25) is 5.95 Å². The Bertz CT molecular complexity index is 3610. The van der Waals surface area contributed by atoms with E-state index in [2.05, 4.69) is 230 Å². The lowest BCUT2D eigenvalue weighted by atomic mass is 9.80. The number of fused-ring (bicyclic) bond motifs is 12. The number of nitrogens with zero attached hydrogens (tertiary/aromatic N) is 4. The molecule has 0 saturated heterocycles. The molecule has 4 aliphatic carbocycles. The van der Waals surface area contributed by atoms with Crippen LogP contribution >= 0.6 is 0 Å². The van der Waals surface area contributed by atoms with Crippen LogP contribution in [0.2, 0.25) is 0 Å². The SMILES string of the molecule is CC1(C)c2ccccc2-c2cc(-c3nc(-c4cccc5c4C(C)(C)c4ccccc4-5)nc(N(c4ccc5c(c4)C(C)(C)c4ccccc4-5)c4cccc5c4-c4ccccc4C5(C)C)n3)ccc21. The fourth-order valence-electron chi connectivity index (χ4n) is 12.7. The number of hydrogen-bond acceptors (Lipinski definition) is 4. The Labute approximate surface area is 394 Å². The van der Waals surface area contributed by atoms with Gasteiger partial charge in [0.15, 0.2) is 11.6 Å². The quantitative estimate of drug-likeness (QED) is 0.173. The largest absolute Gasteiger partial charge is 0.278 e. The Morgan fingerprint density at radius 2 is 0.806 bits per heavy atom. The van der Waals surface area contributed by atoms with Crippen molar-refractivity contribution in [3.63, 3.8) is 0 Å². The van der Waals surface area contributed by atoms with E-state index in [0.717, 1.165) is 22.5 Å². The van der Waals surface area contributed by atoms with Crippen LogP contribution in [0.4, 0.5) is 17.3 Å². The molecule has 0 aliphatic heterocycles. The summed E-state index contributed by atoms with van der Waals surface area (Å²) < 4.78 is 0. The third kappa shape index (κ3) is 5.38. The lowest BCUT2D eigenvalue weighted by molar-refractivity contribution is 0.660. The summed E-state index contributed by atoms with van der Waals surface area (Å²) in [4.78, 5) is 19.3. The molecule has 0 bridgehead atoms. The predicted octanol–water partition coefficient (Wildman–Crippen LogP) is 15.9. The normalized spacial score (nSPS) is 16.2. The van der Waals surface area contributed by atoms with Gasteiger partial charge in [0.1, 0.15) is 0 Å². The highest BCUT2D eigenvalue weighted by Crippen LogP contribution is 2.57. The van der Waals surface area contributed by atoms with Gasteiger partial charge in [0, 0.05) is 44.0 Å². The first-order valence-corrected chi connectivity index (χ1v) is 23.8. The number of hydrogen-bond donors (Lipinski definition) is 0. The fourth-order valence-corrected chi connectivity index (χ4v) is 12.7. The maximum Gasteiger partial charge on any atom is 0.238 e. The van der Waals surface area contributed by atoms with Crippen molar-refractivity contribution in [3.05, 3.63) is 214 Å². The van der Waals surface area contributed by atoms with Crippen LogP contribution in [0.5, 0.6) is 0 Å². The third-order valence-corrected chi connectivity index (χ3v) is 16.1. The molecule has 0 atom stereocenters. The summed E-state index contributed by atoms with van der Waals surface area (Å²) in [7, 11) is 0. The molecular weight excluding hydrogens is 813 g/mol. The minimum absolute atomic E-state index is 0.124. The van der Waals surface area contributed by atoms with E-state index >= 15 is 0 Å². The zero-order valence-electron chi connectivity index (χ0n) is 39.5. The molecule has 0 amide bonds. The summed E-state index contributed by atoms with van der Waals surface area (Å²) >= 11 is 0. The second-order valence-corrected chi connectivity index (χ2v) is 21.2. The molecule has 4 aliphatic rings. The number of anilines is 3. The first-order valence-electron chi connectivity index (χ1n) is 23.8. The van der Waals surface area contributed by atoms with Crippen LogP contribution in [0, 0.1) is 0 Å². The zero-order chi connectivity index (χ0) is 45.8. The predicted molar refractivity (Wildman–Crippen MR) is 276 cm³/mol. The standard InChI is InChI=1S/C63H52N4/c1-60(2)48-26-14-11-21-41(48)46-35-37(31-34-51(46)60)57-64-58(45-24-17-23-43-40-20-10-15-27-49(40)63(7,8)56(43)45)66-59(65-57)67(38-32-33-42-39-19-9-13-25-47(39)62(5,6)53(42)36-38)54-30-18-29-52-55(54)44-22-12-16-28-50(44)61(52,3)4/h9-36H,1-8H3. The highest BCUT2D eigenvalue weighted by atomic mass is 15.3. The van der Waals surface area contributed by atoms with Crippen molar-refractivity contribution in [1.29, 1.82) is 0 Å². The summed E-state index contributed by atoms with van der Waals surface area (Å²) in [6, 6.07) is 62.7. The second kappa shape index (κ2) is 13.6. The minimum Gasteiger partial charge on any atom is -0.278 e. The smallest absolute Gasteiger partial charge is 0.238 e. The molecule has 67 heavy (non-hydrogen) atoms. The molecule has 0 unspecified atom stereocenters. The van der Waals surface area contributed by atoms with Crippen molar-refractivity contribution in [3.8, 4) is 67.3 Å². The highest BCUT2D eigenvalue weighted by Gasteiger charge is 2.42. The maximum atomic E-state index is 5.71. The number of benzene rings is 8. The van der Waals surface area contributed by atoms with Crippen LogP contribution in [0.15, 0.2) is 170 Å². The number of rotatable bonds is 5. The molecule has 13 rings (SSSR count). The number of aromatic nitrogens is 3. The van der Waals surface area contributed by atoms with Crippen molar-refractivity contribution >= 4 is 17.3 Å². The van der Waals surface area contributed by atoms with Crippen LogP contribution in [0.1, 0.15) is 99.9 Å². The van der Waals surface area contributed by atoms with E-state index in [1.165, 1.54) is 89.0 Å². The van der Waals surface area contributed by atoms with Crippen molar-refractivity contribution in [1.82, 2.24) is 15.0 Å². The average molecular weight is 865 g/mol. The Kier molecular flexibility index (Phi) is 8.08. The minimum atomic E-state index is -0.284. The summed E-state index contributed by atoms with van der Waals surface area (Å²) in [6.45, 7) is 18.8. The Balaban J connectivity index is 1.11. The maximum absolute atomic E-state index is 5.71. The van der Waals surface area contributed by atoms with Gasteiger partial charge in [0.25, 0.3) is 0 Å². The zero-order valence-corrected chi connectivity index (χ0v) is 39.5. The first kappa shape index (κ1) is 39.9. The van der Waals surface area contributed by atoms with Gasteiger partial charge in [0.05, 0.1) is 5.69 Å². The molecule has 0 spiro atoms. The van der Waals surface area contributed by atoms with Crippen LogP contribution in [0.25, 0.3) is 67.3 Å². The van der Waals surface area contributed by atoms with Crippen LogP contribution in [-0.4, -0.2) is 15.0 Å². The van der Waals surface area contributed by atoms with Gasteiger partial charge >= 0.3 is 0 Å². The van der Waals surface area contributed by atoms with E-state index in [1.54, 1.807) is 0 Å². The van der Waals surface area contributed by atoms with Gasteiger partial charge in [-0.3, -0.25) is 4.90 Å². The molecular formula is C63H52N4. The lowest BCUT2D eigenvalue weighted by Crippen LogP contribution is -2.20. The Morgan fingerprint density at radius 1 is 0.328 bits per heavy atom. The molecule has 1 heterocycles. The third-order valence-electron chi connectivity index (χ3n) is 16.1. The summed E-state index contributed by atoms with van der Waals surface area (Å²) in [6.07, 6.45) is 0. The van der Waals surface area contributed by atoms with E-state index in [1.807, 2.05) is 0 Å². The highest BCUT2D eigenvalue weighted by molar-refractivity contribution is 5.96. The van der Waals surface area contributed by atoms with Crippen LogP contribution in [0.3, 0.4) is 0 Å². The summed E-state index contributed by atoms with van der Waals surface area (Å²) in [5.41, 5.74) is 23.7. The molecule has 4 nitrogen and oxygen atoms in total. The molecule has 0 saturated carbocycles. The average Bonchev–Trinajstić information content (AvgIpc) is 3.92. The van der Waals surface area contributed by atoms with Crippen molar-refractivity contribution in [2.24, 2.45) is 0 Å². The van der Waals surface area contributed by atoms with E-state index in [-0.39, 0.29) is 21.7 Å². The molecule has 0 radical (unpaired) electrons. The summed E-state index contributed by atoms with van der Waals surface area (Å²) in [5.74, 6) is 1.88. The molecule has 8 aromatic carbocycles. The molecule has 324 valence electrons. The van der Waals surface area contributed by atoms with Gasteiger partial charge in [-0.1, -0.05) is 201 Å². The molecule has 0 N–H and O–H groups in total. The van der Waals surface area contributed by atoms with E-state index < -0.39 is 0 Å². The molecule has 0 fully saturated rings.